The molecule has 0 spiro atoms. The lowest BCUT2D eigenvalue weighted by molar-refractivity contribution is 0.411. The maximum Gasteiger partial charge on any atom is 0.0618 e. The van der Waals surface area contributed by atoms with Crippen LogP contribution in [0.1, 0.15) is 79.0 Å². The molecule has 0 saturated heterocycles. The van der Waals surface area contributed by atoms with Crippen LogP contribution >= 0.6 is 31.9 Å². The predicted octanol–water partition coefficient (Wildman–Crippen LogP) is 21.0. The molecule has 0 saturated carbocycles. The summed E-state index contributed by atoms with van der Waals surface area (Å²) < 4.78 is 2.02. The quantitative estimate of drug-likeness (QED) is 0.127. The molecule has 0 aliphatic heterocycles. The van der Waals surface area contributed by atoms with Crippen molar-refractivity contribution >= 4 is 66.0 Å². The highest BCUT2D eigenvalue weighted by atomic mass is 79.9. The van der Waals surface area contributed by atoms with Crippen LogP contribution in [0.25, 0.3) is 44.5 Å². The first kappa shape index (κ1) is 49.5. The molecule has 0 aromatic heterocycles. The molecule has 9 rings (SSSR count). The highest BCUT2D eigenvalue weighted by Gasteiger charge is 2.30. The molecule has 0 bridgehead atoms. The van der Waals surface area contributed by atoms with Crippen molar-refractivity contribution in [3.05, 3.63) is 238 Å². The Balaban J connectivity index is 1.46. The lowest BCUT2D eigenvalue weighted by atomic mass is 9.81. The second-order valence-electron chi connectivity index (χ2n) is 22.0. The van der Waals surface area contributed by atoms with Gasteiger partial charge in [0, 0.05) is 53.9 Å². The molecule has 2 nitrogen and oxygen atoms in total. The molecule has 356 valence electrons. The number of hydrogen-bond acceptors (Lipinski definition) is 2. The third kappa shape index (κ3) is 11.2. The number of halogens is 2. The fraction of sp³-hybridized carbons (Fsp3) is 0.194. The standard InChI is InChI=1S/C67H64Br2N2/c1-65(2,3)45-46-36-57(70(55-34-22-32-53(68)42-55)63-59(47-24-14-10-15-25-47)38-51(66(4,5)6)39-60(63)48-26-16-11-17-27-48)44-58(37-46)71(56-35-23-33-54(69)43-56)64-61(49-28-18-12-19-29-49)40-52(67(7,8)9)41-62(64)50-30-20-13-21-31-50/h10-44H,45H2,1-9H3. The third-order valence-electron chi connectivity index (χ3n) is 13.1. The zero-order valence-electron chi connectivity index (χ0n) is 42.6. The van der Waals surface area contributed by atoms with Crippen molar-refractivity contribution < 1.29 is 0 Å². The second-order valence-corrected chi connectivity index (χ2v) is 23.9. The average Bonchev–Trinajstić information content (AvgIpc) is 3.34. The molecule has 4 heteroatoms. The van der Waals surface area contributed by atoms with Crippen molar-refractivity contribution in [1.82, 2.24) is 0 Å². The minimum atomic E-state index is -0.119. The van der Waals surface area contributed by atoms with E-state index in [4.69, 9.17) is 0 Å². The highest BCUT2D eigenvalue weighted by molar-refractivity contribution is 9.10. The van der Waals surface area contributed by atoms with Gasteiger partial charge < -0.3 is 9.80 Å². The third-order valence-corrected chi connectivity index (χ3v) is 14.1. The minimum absolute atomic E-state index is 0.0192. The second kappa shape index (κ2) is 20.3. The molecule has 9 aromatic rings. The molecule has 0 N–H and O–H groups in total. The summed E-state index contributed by atoms with van der Waals surface area (Å²) in [5.41, 5.74) is 19.3. The largest absolute Gasteiger partial charge is 0.309 e. The minimum Gasteiger partial charge on any atom is -0.309 e. The molecule has 0 heterocycles. The van der Waals surface area contributed by atoms with Crippen LogP contribution in [0.5, 0.6) is 0 Å². The number of anilines is 6. The maximum atomic E-state index is 3.94. The summed E-state index contributed by atoms with van der Waals surface area (Å²) >= 11 is 7.88. The van der Waals surface area contributed by atoms with E-state index >= 15 is 0 Å². The fourth-order valence-corrected chi connectivity index (χ4v) is 10.4. The summed E-state index contributed by atoms with van der Waals surface area (Å²) in [5.74, 6) is 0. The summed E-state index contributed by atoms with van der Waals surface area (Å²) in [5, 5.41) is 0. The maximum absolute atomic E-state index is 3.94. The summed E-state index contributed by atoms with van der Waals surface area (Å²) in [7, 11) is 0. The van der Waals surface area contributed by atoms with Crippen LogP contribution in [0.2, 0.25) is 0 Å². The summed E-state index contributed by atoms with van der Waals surface area (Å²) in [6.45, 7) is 20.9. The topological polar surface area (TPSA) is 6.48 Å². The monoisotopic (exact) mass is 1050 g/mol. The van der Waals surface area contributed by atoms with Gasteiger partial charge in [-0.25, -0.2) is 0 Å². The van der Waals surface area contributed by atoms with E-state index < -0.39 is 0 Å². The first-order chi connectivity index (χ1) is 33.9. The Labute approximate surface area is 440 Å². The summed E-state index contributed by atoms with van der Waals surface area (Å²) in [6.07, 6.45) is 0.854. The van der Waals surface area contributed by atoms with Gasteiger partial charge >= 0.3 is 0 Å². The van der Waals surface area contributed by atoms with E-state index in [1.54, 1.807) is 0 Å². The zero-order chi connectivity index (χ0) is 50.1. The van der Waals surface area contributed by atoms with Crippen LogP contribution in [-0.4, -0.2) is 0 Å². The highest BCUT2D eigenvalue weighted by Crippen LogP contribution is 2.53. The summed E-state index contributed by atoms with van der Waals surface area (Å²) in [6, 6.07) is 78.4. The van der Waals surface area contributed by atoms with Gasteiger partial charge in [-0.2, -0.15) is 0 Å². The molecule has 0 aliphatic rings. The Kier molecular flexibility index (Phi) is 14.2. The smallest absolute Gasteiger partial charge is 0.0618 e. The van der Waals surface area contributed by atoms with Crippen LogP contribution in [0.4, 0.5) is 34.1 Å². The van der Waals surface area contributed by atoms with E-state index in [9.17, 15) is 0 Å². The van der Waals surface area contributed by atoms with Gasteiger partial charge in [-0.05, 0) is 140 Å². The number of benzene rings is 9. The van der Waals surface area contributed by atoms with Crippen LogP contribution in [0.15, 0.2) is 221 Å². The van der Waals surface area contributed by atoms with Crippen molar-refractivity contribution in [3.63, 3.8) is 0 Å². The molecule has 0 radical (unpaired) electrons. The Morgan fingerprint density at radius 2 is 0.634 bits per heavy atom. The van der Waals surface area contributed by atoms with Crippen molar-refractivity contribution in [2.24, 2.45) is 5.41 Å². The van der Waals surface area contributed by atoms with Crippen LogP contribution in [0.3, 0.4) is 0 Å². The van der Waals surface area contributed by atoms with Gasteiger partial charge in [0.2, 0.25) is 0 Å². The number of rotatable bonds is 11. The number of hydrogen-bond donors (Lipinski definition) is 0. The molecule has 71 heavy (non-hydrogen) atoms. The molecular weight excluding hydrogens is 993 g/mol. The van der Waals surface area contributed by atoms with Crippen molar-refractivity contribution in [3.8, 4) is 44.5 Å². The van der Waals surface area contributed by atoms with Gasteiger partial charge in [-0.1, -0.05) is 228 Å². The lowest BCUT2D eigenvalue weighted by Crippen LogP contribution is -2.19. The first-order valence-corrected chi connectivity index (χ1v) is 26.3. The van der Waals surface area contributed by atoms with Crippen LogP contribution in [-0.2, 0) is 17.3 Å². The Hall–Kier alpha value is -6.46. The van der Waals surface area contributed by atoms with Gasteiger partial charge in [-0.15, -0.1) is 0 Å². The van der Waals surface area contributed by atoms with Crippen LogP contribution < -0.4 is 9.80 Å². The van der Waals surface area contributed by atoms with Gasteiger partial charge in [-0.3, -0.25) is 0 Å². The molecular formula is C67H64Br2N2. The molecule has 0 unspecified atom stereocenters. The van der Waals surface area contributed by atoms with E-state index in [1.807, 2.05) is 0 Å². The molecule has 0 amide bonds. The number of nitrogens with zero attached hydrogens (tertiary/aromatic N) is 2. The van der Waals surface area contributed by atoms with Crippen LogP contribution in [0, 0.1) is 5.41 Å². The van der Waals surface area contributed by atoms with Gasteiger partial charge in [0.25, 0.3) is 0 Å². The van der Waals surface area contributed by atoms with Gasteiger partial charge in [0.05, 0.1) is 11.4 Å². The van der Waals surface area contributed by atoms with Crippen molar-refractivity contribution in [1.29, 1.82) is 0 Å². The lowest BCUT2D eigenvalue weighted by Gasteiger charge is -2.36. The Morgan fingerprint density at radius 3 is 0.901 bits per heavy atom. The van der Waals surface area contributed by atoms with Gasteiger partial charge in [0.15, 0.2) is 0 Å². The fourth-order valence-electron chi connectivity index (χ4n) is 9.64. The first-order valence-electron chi connectivity index (χ1n) is 24.8. The van der Waals surface area contributed by atoms with Gasteiger partial charge in [0.1, 0.15) is 0 Å². The molecule has 0 atom stereocenters. The zero-order valence-corrected chi connectivity index (χ0v) is 45.7. The predicted molar refractivity (Wildman–Crippen MR) is 314 cm³/mol. The van der Waals surface area contributed by atoms with Crippen molar-refractivity contribution in [2.75, 3.05) is 9.80 Å². The summed E-state index contributed by atoms with van der Waals surface area (Å²) in [4.78, 5) is 5.05. The molecule has 0 fully saturated rings. The average molecular weight is 1060 g/mol. The molecule has 0 aliphatic carbocycles. The Morgan fingerprint density at radius 1 is 0.324 bits per heavy atom. The SMILES string of the molecule is CC(C)(C)Cc1cc(N(c2cccc(Br)c2)c2c(-c3ccccc3)cc(C(C)(C)C)cc2-c2ccccc2)cc(N(c2cccc(Br)c2)c2c(-c3ccccc3)cc(C(C)(C)C)cc2-c2ccccc2)c1. The van der Waals surface area contributed by atoms with E-state index in [-0.39, 0.29) is 16.2 Å². The van der Waals surface area contributed by atoms with E-state index in [1.165, 1.54) is 38.9 Å². The van der Waals surface area contributed by atoms with Crippen molar-refractivity contribution in [2.45, 2.75) is 79.6 Å². The normalized spacial score (nSPS) is 11.9. The van der Waals surface area contributed by atoms with E-state index in [0.29, 0.717) is 0 Å². The van der Waals surface area contributed by atoms with E-state index in [2.05, 4.69) is 316 Å². The molecule has 9 aromatic carbocycles. The van der Waals surface area contributed by atoms with E-state index in [0.717, 1.165) is 71.7 Å². The Bertz CT molecular complexity index is 2950.